The smallest absolute Gasteiger partial charge is 0.224 e. The summed E-state index contributed by atoms with van der Waals surface area (Å²) in [4.78, 5) is 14.2. The Morgan fingerprint density at radius 2 is 2.04 bits per heavy atom. The van der Waals surface area contributed by atoms with E-state index in [1.807, 2.05) is 6.20 Å². The number of likely N-dealkylation sites (tertiary alicyclic amines) is 1. The molecule has 0 bridgehead atoms. The molecule has 2 atom stereocenters. The van der Waals surface area contributed by atoms with E-state index in [-0.39, 0.29) is 4.65 Å². The van der Waals surface area contributed by atoms with Crippen LogP contribution in [0.25, 0.3) is 0 Å². The molecular weight excluding hydrogens is 352 g/mol. The molecule has 4 rings (SSSR count). The fourth-order valence-electron chi connectivity index (χ4n) is 5.33. The Bertz CT molecular complexity index is 675. The second-order valence-electron chi connectivity index (χ2n) is 9.22. The van der Waals surface area contributed by atoms with E-state index in [4.69, 9.17) is 4.98 Å². The number of hydrogen-bond acceptors (Lipinski definition) is 6. The van der Waals surface area contributed by atoms with Gasteiger partial charge in [-0.3, -0.25) is 0 Å². The molecule has 3 aliphatic heterocycles. The summed E-state index contributed by atoms with van der Waals surface area (Å²) >= 11 is 0. The van der Waals surface area contributed by atoms with Crippen molar-refractivity contribution in [1.82, 2.24) is 14.9 Å². The van der Waals surface area contributed by atoms with Gasteiger partial charge in [0.2, 0.25) is 5.95 Å². The number of fused-ring (bicyclic) bond motifs is 3. The highest BCUT2D eigenvalue weighted by molar-refractivity contribution is 5.51. The first-order valence-corrected chi connectivity index (χ1v) is 11.1. The van der Waals surface area contributed by atoms with Gasteiger partial charge in [-0.2, -0.15) is 4.98 Å². The van der Waals surface area contributed by atoms with Crippen LogP contribution < -0.4 is 10.2 Å². The van der Waals surface area contributed by atoms with Crippen molar-refractivity contribution in [3.63, 3.8) is 0 Å². The van der Waals surface area contributed by atoms with Gasteiger partial charge in [0.1, 0.15) is 12.4 Å². The van der Waals surface area contributed by atoms with Crippen molar-refractivity contribution in [2.24, 2.45) is 5.92 Å². The summed E-state index contributed by atoms with van der Waals surface area (Å²) in [5.41, 5.74) is 1.03. The number of hydrogen-bond donors (Lipinski definition) is 1. The SMILES string of the molecule is CCNc1ncc2c(n1)N1CCCC1C[N+]([O-])(CC1CCN(C(C)C)CC1)C2. The molecule has 0 aromatic carbocycles. The van der Waals surface area contributed by atoms with E-state index in [1.54, 1.807) is 0 Å². The minimum atomic E-state index is -0.107. The lowest BCUT2D eigenvalue weighted by molar-refractivity contribution is -0.897. The molecule has 0 saturated carbocycles. The van der Waals surface area contributed by atoms with Gasteiger partial charge >= 0.3 is 0 Å². The van der Waals surface area contributed by atoms with E-state index < -0.39 is 0 Å². The van der Waals surface area contributed by atoms with E-state index in [2.05, 4.69) is 40.9 Å². The summed E-state index contributed by atoms with van der Waals surface area (Å²) in [6, 6.07) is 0.926. The quantitative estimate of drug-likeness (QED) is 0.618. The largest absolute Gasteiger partial charge is 0.632 e. The van der Waals surface area contributed by atoms with Crippen LogP contribution in [-0.4, -0.2) is 70.9 Å². The second kappa shape index (κ2) is 8.13. The van der Waals surface area contributed by atoms with Crippen LogP contribution in [0.1, 0.15) is 52.0 Å². The maximum Gasteiger partial charge on any atom is 0.224 e. The van der Waals surface area contributed by atoms with Crippen molar-refractivity contribution in [2.45, 2.75) is 65.1 Å². The average molecular weight is 389 g/mol. The highest BCUT2D eigenvalue weighted by Gasteiger charge is 2.39. The maximum absolute atomic E-state index is 14.0. The number of nitrogens with zero attached hydrogens (tertiary/aromatic N) is 5. The summed E-state index contributed by atoms with van der Waals surface area (Å²) in [5, 5.41) is 17.2. The van der Waals surface area contributed by atoms with E-state index in [1.165, 1.54) is 0 Å². The molecule has 1 N–H and O–H groups in total. The topological polar surface area (TPSA) is 67.3 Å². The van der Waals surface area contributed by atoms with Gasteiger partial charge in [-0.25, -0.2) is 4.98 Å². The van der Waals surface area contributed by atoms with Crippen molar-refractivity contribution in [3.05, 3.63) is 17.0 Å². The molecule has 7 nitrogen and oxygen atoms in total. The van der Waals surface area contributed by atoms with Gasteiger partial charge in [0, 0.05) is 31.2 Å². The van der Waals surface area contributed by atoms with Crippen LogP contribution in [0.2, 0.25) is 0 Å². The zero-order chi connectivity index (χ0) is 19.7. The van der Waals surface area contributed by atoms with Crippen LogP contribution in [0.5, 0.6) is 0 Å². The van der Waals surface area contributed by atoms with Gasteiger partial charge < -0.3 is 25.0 Å². The predicted octanol–water partition coefficient (Wildman–Crippen LogP) is 2.83. The number of nitrogens with one attached hydrogen (secondary N) is 1. The Hall–Kier alpha value is -1.44. The molecule has 0 amide bonds. The molecule has 1 aromatic rings. The number of rotatable bonds is 5. The molecule has 28 heavy (non-hydrogen) atoms. The van der Waals surface area contributed by atoms with Gasteiger partial charge in [0.25, 0.3) is 0 Å². The minimum absolute atomic E-state index is 0.107. The molecule has 0 spiro atoms. The second-order valence-corrected chi connectivity index (χ2v) is 9.22. The fraction of sp³-hybridized carbons (Fsp3) is 0.810. The first-order chi connectivity index (χ1) is 13.5. The number of quaternary nitrogens is 1. The van der Waals surface area contributed by atoms with Crippen LogP contribution in [0.4, 0.5) is 11.8 Å². The molecule has 2 fully saturated rings. The molecule has 2 unspecified atom stereocenters. The Balaban J connectivity index is 1.52. The first kappa shape index (κ1) is 19.9. The van der Waals surface area contributed by atoms with Gasteiger partial charge in [-0.05, 0) is 59.5 Å². The number of hydroxylamine groups is 3. The summed E-state index contributed by atoms with van der Waals surface area (Å²) in [5.74, 6) is 2.21. The zero-order valence-electron chi connectivity index (χ0n) is 17.7. The Morgan fingerprint density at radius 3 is 2.75 bits per heavy atom. The van der Waals surface area contributed by atoms with Gasteiger partial charge in [-0.1, -0.05) is 0 Å². The predicted molar refractivity (Wildman–Crippen MR) is 113 cm³/mol. The molecule has 4 heterocycles. The molecule has 0 aliphatic carbocycles. The van der Waals surface area contributed by atoms with E-state index in [9.17, 15) is 5.21 Å². The Kier molecular flexibility index (Phi) is 5.76. The van der Waals surface area contributed by atoms with Crippen LogP contribution in [0.15, 0.2) is 6.20 Å². The van der Waals surface area contributed by atoms with Crippen LogP contribution in [0, 0.1) is 11.1 Å². The summed E-state index contributed by atoms with van der Waals surface area (Å²) in [7, 11) is 0. The zero-order valence-corrected chi connectivity index (χ0v) is 17.7. The van der Waals surface area contributed by atoms with E-state index in [0.717, 1.165) is 69.8 Å². The van der Waals surface area contributed by atoms with Crippen LogP contribution in [-0.2, 0) is 6.54 Å². The first-order valence-electron chi connectivity index (χ1n) is 11.1. The molecule has 2 saturated heterocycles. The van der Waals surface area contributed by atoms with E-state index >= 15 is 0 Å². The highest BCUT2D eigenvalue weighted by Crippen LogP contribution is 2.36. The lowest BCUT2D eigenvalue weighted by atomic mass is 9.94. The number of aromatic nitrogens is 2. The maximum atomic E-state index is 14.0. The van der Waals surface area contributed by atoms with Gasteiger partial charge in [0.15, 0.2) is 0 Å². The average Bonchev–Trinajstić information content (AvgIpc) is 3.06. The highest BCUT2D eigenvalue weighted by atomic mass is 16.5. The molecule has 0 radical (unpaired) electrons. The molecule has 156 valence electrons. The van der Waals surface area contributed by atoms with Crippen molar-refractivity contribution in [1.29, 1.82) is 0 Å². The van der Waals surface area contributed by atoms with Crippen molar-refractivity contribution in [3.8, 4) is 0 Å². The van der Waals surface area contributed by atoms with Crippen LogP contribution >= 0.6 is 0 Å². The molecule has 1 aromatic heterocycles. The third kappa shape index (κ3) is 4.11. The normalized spacial score (nSPS) is 28.9. The van der Waals surface area contributed by atoms with Gasteiger partial charge in [-0.15, -0.1) is 0 Å². The lowest BCUT2D eigenvalue weighted by Gasteiger charge is -2.47. The summed E-state index contributed by atoms with van der Waals surface area (Å²) in [6.07, 6.45) is 6.45. The monoisotopic (exact) mass is 388 g/mol. The van der Waals surface area contributed by atoms with E-state index in [0.29, 0.717) is 37.0 Å². The van der Waals surface area contributed by atoms with Gasteiger partial charge in [0.05, 0.1) is 24.7 Å². The Morgan fingerprint density at radius 1 is 1.25 bits per heavy atom. The fourth-order valence-corrected chi connectivity index (χ4v) is 5.33. The molecule has 7 heteroatoms. The summed E-state index contributed by atoms with van der Waals surface area (Å²) < 4.78 is -0.107. The van der Waals surface area contributed by atoms with Crippen molar-refractivity contribution in [2.75, 3.05) is 49.5 Å². The molecule has 3 aliphatic rings. The van der Waals surface area contributed by atoms with Crippen molar-refractivity contribution >= 4 is 11.8 Å². The van der Waals surface area contributed by atoms with Crippen molar-refractivity contribution < 1.29 is 4.65 Å². The Labute approximate surface area is 169 Å². The van der Waals surface area contributed by atoms with Crippen LogP contribution in [0.3, 0.4) is 0 Å². The third-order valence-electron chi connectivity index (χ3n) is 6.80. The standard InChI is InChI=1S/C21H36N6O/c1-4-22-21-23-12-18-14-27(28,13-17-7-10-25(11-8-17)16(2)3)15-19-6-5-9-26(19)20(18)24-21/h12,16-17,19H,4-11,13-15H2,1-3H3,(H,22,23,24). The number of piperidine rings is 1. The number of anilines is 2. The third-order valence-corrected chi connectivity index (χ3v) is 6.80. The lowest BCUT2D eigenvalue weighted by Crippen LogP contribution is -2.51. The molecular formula is C21H36N6O. The minimum Gasteiger partial charge on any atom is -0.632 e. The summed E-state index contributed by atoms with van der Waals surface area (Å²) in [6.45, 7) is 12.6.